The number of hydrogen-bond donors (Lipinski definition) is 3. The Morgan fingerprint density at radius 3 is 2.76 bits per heavy atom. The lowest BCUT2D eigenvalue weighted by Crippen LogP contribution is -3.11. The highest BCUT2D eigenvalue weighted by Gasteiger charge is 2.20. The lowest BCUT2D eigenvalue weighted by atomic mass is 10.2. The van der Waals surface area contributed by atoms with Gasteiger partial charge in [-0.05, 0) is 31.2 Å². The zero-order valence-corrected chi connectivity index (χ0v) is 13.3. The van der Waals surface area contributed by atoms with Gasteiger partial charge in [0.2, 0.25) is 0 Å². The maximum absolute atomic E-state index is 11.9. The molecule has 0 radical (unpaired) electrons. The highest BCUT2D eigenvalue weighted by atomic mass is 32.1. The molecule has 0 saturated heterocycles. The molecule has 1 unspecified atom stereocenters. The Morgan fingerprint density at radius 2 is 2.14 bits per heavy atom. The van der Waals surface area contributed by atoms with Crippen molar-refractivity contribution >= 4 is 23.3 Å². The first-order valence-corrected chi connectivity index (χ1v) is 8.51. The van der Waals surface area contributed by atoms with Gasteiger partial charge in [0.25, 0.3) is 5.91 Å². The van der Waals surface area contributed by atoms with Gasteiger partial charge < -0.3 is 10.2 Å². The van der Waals surface area contributed by atoms with E-state index in [4.69, 9.17) is 0 Å². The summed E-state index contributed by atoms with van der Waals surface area (Å²) in [7, 11) is 0. The van der Waals surface area contributed by atoms with Crippen molar-refractivity contribution in [2.75, 3.05) is 13.1 Å². The van der Waals surface area contributed by atoms with Gasteiger partial charge in [0.05, 0.1) is 11.4 Å². The molecule has 116 valence electrons. The van der Waals surface area contributed by atoms with Crippen molar-refractivity contribution in [2.24, 2.45) is 0 Å². The first-order valence-electron chi connectivity index (χ1n) is 7.63. The number of thiophene rings is 1. The molecule has 3 N–H and O–H groups in total. The molecule has 0 aromatic carbocycles. The van der Waals surface area contributed by atoms with Crippen LogP contribution in [-0.4, -0.2) is 31.1 Å². The number of hydrogen-bond acceptors (Lipinski definition) is 3. The summed E-state index contributed by atoms with van der Waals surface area (Å²) in [4.78, 5) is 26.1. The molecule has 1 aliphatic carbocycles. The van der Waals surface area contributed by atoms with Crippen LogP contribution < -0.4 is 15.5 Å². The second-order valence-corrected chi connectivity index (χ2v) is 6.57. The van der Waals surface area contributed by atoms with Crippen LogP contribution in [0.15, 0.2) is 17.5 Å². The third kappa shape index (κ3) is 5.47. The molecule has 3 amide bonds. The molecule has 5 nitrogen and oxygen atoms in total. The van der Waals surface area contributed by atoms with Gasteiger partial charge in [0.15, 0.2) is 6.54 Å². The van der Waals surface area contributed by atoms with Gasteiger partial charge >= 0.3 is 6.03 Å². The Morgan fingerprint density at radius 1 is 1.38 bits per heavy atom. The molecule has 0 aliphatic heterocycles. The molecule has 1 aromatic heterocycles. The number of carbonyl (C=O) groups excluding carboxylic acids is 2. The predicted octanol–water partition coefficient (Wildman–Crippen LogP) is 0.921. The predicted molar refractivity (Wildman–Crippen MR) is 83.3 cm³/mol. The minimum atomic E-state index is -0.349. The Bertz CT molecular complexity index is 455. The number of nitrogens with one attached hydrogen (secondary N) is 3. The number of urea groups is 1. The van der Waals surface area contributed by atoms with Gasteiger partial charge in [0.1, 0.15) is 6.54 Å². The van der Waals surface area contributed by atoms with Gasteiger partial charge in [-0.25, -0.2) is 4.79 Å². The Hall–Kier alpha value is -1.40. The second kappa shape index (κ2) is 8.14. The summed E-state index contributed by atoms with van der Waals surface area (Å²) in [5, 5.41) is 7.35. The van der Waals surface area contributed by atoms with E-state index in [1.165, 1.54) is 4.88 Å². The summed E-state index contributed by atoms with van der Waals surface area (Å²) in [6.07, 6.45) is 4.36. The topological polar surface area (TPSA) is 62.6 Å². The monoisotopic (exact) mass is 310 g/mol. The molecule has 0 bridgehead atoms. The van der Waals surface area contributed by atoms with Crippen molar-refractivity contribution in [2.45, 2.75) is 45.2 Å². The minimum Gasteiger partial charge on any atom is -0.335 e. The highest BCUT2D eigenvalue weighted by molar-refractivity contribution is 7.09. The fraction of sp³-hybridized carbons (Fsp3) is 0.600. The van der Waals surface area contributed by atoms with Crippen molar-refractivity contribution in [3.8, 4) is 0 Å². The molecule has 2 rings (SSSR count). The summed E-state index contributed by atoms with van der Waals surface area (Å²) in [5.41, 5.74) is 0. The summed E-state index contributed by atoms with van der Waals surface area (Å²) in [6, 6.07) is 3.98. The summed E-state index contributed by atoms with van der Waals surface area (Å²) < 4.78 is 0. The van der Waals surface area contributed by atoms with E-state index in [-0.39, 0.29) is 18.0 Å². The van der Waals surface area contributed by atoms with Crippen LogP contribution in [0, 0.1) is 0 Å². The first kappa shape index (κ1) is 16.0. The van der Waals surface area contributed by atoms with Crippen LogP contribution in [0.4, 0.5) is 4.79 Å². The number of rotatable bonds is 6. The largest absolute Gasteiger partial charge is 0.335 e. The van der Waals surface area contributed by atoms with E-state index in [0.29, 0.717) is 6.54 Å². The Balaban J connectivity index is 1.72. The summed E-state index contributed by atoms with van der Waals surface area (Å²) in [6.45, 7) is 4.06. The lowest BCUT2D eigenvalue weighted by molar-refractivity contribution is -0.903. The SMILES string of the molecule is CC[NH+](CC(=O)NC(=O)NC1CCCC1)Cc1cccs1. The third-order valence-corrected chi connectivity index (χ3v) is 4.73. The quantitative estimate of drug-likeness (QED) is 0.732. The van der Waals surface area contributed by atoms with Crippen molar-refractivity contribution in [1.29, 1.82) is 0 Å². The van der Waals surface area contributed by atoms with Crippen LogP contribution in [0.1, 0.15) is 37.5 Å². The Labute approximate surface area is 129 Å². The molecule has 1 aliphatic rings. The lowest BCUT2D eigenvalue weighted by Gasteiger charge is -2.17. The van der Waals surface area contributed by atoms with Crippen LogP contribution >= 0.6 is 11.3 Å². The van der Waals surface area contributed by atoms with Crippen molar-refractivity contribution < 1.29 is 14.5 Å². The normalized spacial score (nSPS) is 16.6. The molecule has 6 heteroatoms. The van der Waals surface area contributed by atoms with Gasteiger partial charge in [-0.1, -0.05) is 18.9 Å². The van der Waals surface area contributed by atoms with Gasteiger partial charge in [0, 0.05) is 6.04 Å². The molecule has 1 fully saturated rings. The van der Waals surface area contributed by atoms with Gasteiger partial charge in [-0.3, -0.25) is 10.1 Å². The maximum Gasteiger partial charge on any atom is 0.321 e. The van der Waals surface area contributed by atoms with Crippen LogP contribution in [0.5, 0.6) is 0 Å². The van der Waals surface area contributed by atoms with E-state index in [2.05, 4.69) is 23.6 Å². The fourth-order valence-corrected chi connectivity index (χ4v) is 3.44. The molecule has 1 aromatic rings. The second-order valence-electron chi connectivity index (χ2n) is 5.54. The smallest absolute Gasteiger partial charge is 0.321 e. The van der Waals surface area contributed by atoms with E-state index in [1.54, 1.807) is 11.3 Å². The minimum absolute atomic E-state index is 0.209. The van der Waals surface area contributed by atoms with Gasteiger partial charge in [-0.15, -0.1) is 11.3 Å². The number of carbonyl (C=O) groups is 2. The van der Waals surface area contributed by atoms with Crippen LogP contribution in [0.25, 0.3) is 0 Å². The molecular weight excluding hydrogens is 286 g/mol. The molecule has 1 saturated carbocycles. The van der Waals surface area contributed by atoms with Crippen molar-refractivity contribution in [3.63, 3.8) is 0 Å². The van der Waals surface area contributed by atoms with Crippen LogP contribution in [0.3, 0.4) is 0 Å². The van der Waals surface area contributed by atoms with E-state index < -0.39 is 0 Å². The average molecular weight is 310 g/mol. The van der Waals surface area contributed by atoms with Gasteiger partial charge in [-0.2, -0.15) is 0 Å². The van der Waals surface area contributed by atoms with E-state index in [1.807, 2.05) is 11.4 Å². The van der Waals surface area contributed by atoms with Crippen molar-refractivity contribution in [3.05, 3.63) is 22.4 Å². The number of likely N-dealkylation sites (N-methyl/N-ethyl adjacent to an activating group) is 1. The third-order valence-electron chi connectivity index (χ3n) is 3.86. The first-order chi connectivity index (χ1) is 10.2. The van der Waals surface area contributed by atoms with Crippen molar-refractivity contribution in [1.82, 2.24) is 10.6 Å². The Kier molecular flexibility index (Phi) is 6.20. The van der Waals surface area contributed by atoms with E-state index in [9.17, 15) is 9.59 Å². The summed E-state index contributed by atoms with van der Waals surface area (Å²) in [5.74, 6) is -0.209. The molecule has 21 heavy (non-hydrogen) atoms. The molecular formula is C15H24N3O2S+. The molecule has 1 atom stereocenters. The van der Waals surface area contributed by atoms with E-state index in [0.717, 1.165) is 43.7 Å². The highest BCUT2D eigenvalue weighted by Crippen LogP contribution is 2.17. The molecule has 0 spiro atoms. The number of imide groups is 1. The van der Waals surface area contributed by atoms with E-state index >= 15 is 0 Å². The number of amides is 3. The average Bonchev–Trinajstić information content (AvgIpc) is 3.11. The molecule has 1 heterocycles. The number of quaternary nitrogens is 1. The summed E-state index contributed by atoms with van der Waals surface area (Å²) >= 11 is 1.70. The zero-order chi connectivity index (χ0) is 15.1. The standard InChI is InChI=1S/C15H23N3O2S/c1-2-18(10-13-8-5-9-21-13)11-14(19)17-15(20)16-12-6-3-4-7-12/h5,8-9,12H,2-4,6-7,10-11H2,1H3,(H2,16,17,19,20)/p+1. The maximum atomic E-state index is 11.9. The van der Waals surface area contributed by atoms with Crippen LogP contribution in [0.2, 0.25) is 0 Å². The zero-order valence-electron chi connectivity index (χ0n) is 12.5. The fourth-order valence-electron chi connectivity index (χ4n) is 2.66. The van der Waals surface area contributed by atoms with Crippen LogP contribution in [-0.2, 0) is 11.3 Å².